The quantitative estimate of drug-likeness (QED) is 0.813. The first-order valence-corrected chi connectivity index (χ1v) is 6.72. The molecule has 0 bridgehead atoms. The first-order valence-electron chi connectivity index (χ1n) is 6.72. The van der Waals surface area contributed by atoms with Gasteiger partial charge in [-0.25, -0.2) is 0 Å². The number of nitrogens with two attached hydrogens (primary N) is 1. The van der Waals surface area contributed by atoms with E-state index in [2.05, 4.69) is 24.2 Å². The van der Waals surface area contributed by atoms with Crippen molar-refractivity contribution in [1.82, 2.24) is 10.2 Å². The minimum absolute atomic E-state index is 0. The molecule has 3 N–H and O–H groups in total. The highest BCUT2D eigenvalue weighted by atomic mass is 35.5. The van der Waals surface area contributed by atoms with E-state index in [0.717, 1.165) is 45.3 Å². The lowest BCUT2D eigenvalue weighted by Gasteiger charge is -2.37. The summed E-state index contributed by atoms with van der Waals surface area (Å²) in [5.41, 5.74) is 5.89. The maximum absolute atomic E-state index is 12.1. The molecule has 1 rings (SSSR count). The molecule has 0 heterocycles. The van der Waals surface area contributed by atoms with Crippen LogP contribution < -0.4 is 11.1 Å². The van der Waals surface area contributed by atoms with Crippen molar-refractivity contribution in [2.24, 2.45) is 11.7 Å². The normalized spacial score (nSPS) is 26.3. The fraction of sp³-hybridized carbons (Fsp3) is 0.923. The van der Waals surface area contributed by atoms with Crippen LogP contribution in [0.3, 0.4) is 0 Å². The number of hydrogen-bond acceptors (Lipinski definition) is 3. The molecule has 4 nitrogen and oxygen atoms in total. The lowest BCUT2D eigenvalue weighted by atomic mass is 9.74. The number of halogens is 2. The van der Waals surface area contributed by atoms with Gasteiger partial charge in [-0.1, -0.05) is 19.8 Å². The van der Waals surface area contributed by atoms with Gasteiger partial charge in [-0.05, 0) is 33.4 Å². The van der Waals surface area contributed by atoms with E-state index in [1.807, 2.05) is 6.92 Å². The largest absolute Gasteiger partial charge is 0.355 e. The van der Waals surface area contributed by atoms with Crippen LogP contribution in [0.4, 0.5) is 0 Å². The van der Waals surface area contributed by atoms with Crippen LogP contribution in [0.15, 0.2) is 0 Å². The summed E-state index contributed by atoms with van der Waals surface area (Å²) in [5.74, 6) is 0.127. The first kappa shape index (κ1) is 21.3. The highest BCUT2D eigenvalue weighted by molar-refractivity contribution is 5.85. The third-order valence-corrected chi connectivity index (χ3v) is 3.90. The molecule has 2 unspecified atom stereocenters. The predicted molar refractivity (Wildman–Crippen MR) is 85.2 cm³/mol. The van der Waals surface area contributed by atoms with E-state index in [1.54, 1.807) is 0 Å². The molecule has 0 aliphatic heterocycles. The van der Waals surface area contributed by atoms with E-state index < -0.39 is 0 Å². The smallest absolute Gasteiger partial charge is 0.225 e. The predicted octanol–water partition coefficient (Wildman–Crippen LogP) is 1.81. The molecule has 1 fully saturated rings. The molecule has 1 amide bonds. The molecule has 6 heteroatoms. The van der Waals surface area contributed by atoms with Crippen molar-refractivity contribution in [3.8, 4) is 0 Å². The van der Waals surface area contributed by atoms with Gasteiger partial charge in [0.2, 0.25) is 5.91 Å². The highest BCUT2D eigenvalue weighted by Gasteiger charge is 2.37. The Morgan fingerprint density at radius 2 is 2.05 bits per heavy atom. The molecule has 19 heavy (non-hydrogen) atoms. The van der Waals surface area contributed by atoms with Gasteiger partial charge in [-0.2, -0.15) is 0 Å². The van der Waals surface area contributed by atoms with E-state index in [4.69, 9.17) is 5.73 Å². The van der Waals surface area contributed by atoms with Crippen LogP contribution in [0.5, 0.6) is 0 Å². The van der Waals surface area contributed by atoms with Gasteiger partial charge in [0.05, 0.1) is 5.92 Å². The maximum Gasteiger partial charge on any atom is 0.225 e. The van der Waals surface area contributed by atoms with Crippen molar-refractivity contribution >= 4 is 30.7 Å². The van der Waals surface area contributed by atoms with E-state index >= 15 is 0 Å². The average Bonchev–Trinajstić information content (AvgIpc) is 2.27. The standard InChI is InChI=1S/C13H27N3O.2ClH/c1-4-16(3)10-9-15-12(17)11-7-5-6-8-13(11,2)14;;/h11H,4-10,14H2,1-3H3,(H,15,17);2*1H. The van der Waals surface area contributed by atoms with E-state index in [1.165, 1.54) is 0 Å². The van der Waals surface area contributed by atoms with Gasteiger partial charge in [0.15, 0.2) is 0 Å². The second-order valence-corrected chi connectivity index (χ2v) is 5.49. The van der Waals surface area contributed by atoms with Gasteiger partial charge in [-0.3, -0.25) is 4.79 Å². The number of amides is 1. The highest BCUT2D eigenvalue weighted by Crippen LogP contribution is 2.31. The first-order chi connectivity index (χ1) is 7.97. The second kappa shape index (κ2) is 9.81. The molecule has 0 radical (unpaired) electrons. The van der Waals surface area contributed by atoms with Crippen molar-refractivity contribution in [3.63, 3.8) is 0 Å². The third-order valence-electron chi connectivity index (χ3n) is 3.90. The summed E-state index contributed by atoms with van der Waals surface area (Å²) in [6.07, 6.45) is 4.16. The van der Waals surface area contributed by atoms with Gasteiger partial charge in [0, 0.05) is 18.6 Å². The number of carbonyl (C=O) groups is 1. The van der Waals surface area contributed by atoms with Crippen LogP contribution in [-0.2, 0) is 4.79 Å². The Morgan fingerprint density at radius 3 is 2.58 bits per heavy atom. The molecular weight excluding hydrogens is 285 g/mol. The number of likely N-dealkylation sites (N-methyl/N-ethyl adjacent to an activating group) is 1. The van der Waals surface area contributed by atoms with Gasteiger partial charge in [0.1, 0.15) is 0 Å². The van der Waals surface area contributed by atoms with Gasteiger partial charge < -0.3 is 16.0 Å². The Hall–Kier alpha value is -0.0300. The molecular formula is C13H29Cl2N3O. The topological polar surface area (TPSA) is 58.4 Å². The summed E-state index contributed by atoms with van der Waals surface area (Å²) in [4.78, 5) is 14.3. The van der Waals surface area contributed by atoms with Crippen molar-refractivity contribution in [1.29, 1.82) is 0 Å². The van der Waals surface area contributed by atoms with Crippen LogP contribution in [0.25, 0.3) is 0 Å². The monoisotopic (exact) mass is 313 g/mol. The van der Waals surface area contributed by atoms with Crippen molar-refractivity contribution < 1.29 is 4.79 Å². The molecule has 1 aliphatic rings. The fourth-order valence-electron chi connectivity index (χ4n) is 2.44. The van der Waals surface area contributed by atoms with Crippen molar-refractivity contribution in [3.05, 3.63) is 0 Å². The zero-order chi connectivity index (χ0) is 12.9. The molecule has 1 saturated carbocycles. The van der Waals surface area contributed by atoms with E-state index in [-0.39, 0.29) is 42.2 Å². The number of nitrogens with one attached hydrogen (secondary N) is 1. The maximum atomic E-state index is 12.1. The average molecular weight is 314 g/mol. The Balaban J connectivity index is 0. The van der Waals surface area contributed by atoms with Crippen LogP contribution in [0.2, 0.25) is 0 Å². The van der Waals surface area contributed by atoms with Crippen molar-refractivity contribution in [2.45, 2.75) is 45.1 Å². The minimum Gasteiger partial charge on any atom is -0.355 e. The molecule has 0 aromatic carbocycles. The summed E-state index contributed by atoms with van der Waals surface area (Å²) in [6.45, 7) is 6.74. The molecule has 1 aliphatic carbocycles. The zero-order valence-electron chi connectivity index (χ0n) is 12.3. The second-order valence-electron chi connectivity index (χ2n) is 5.49. The molecule has 0 spiro atoms. The third kappa shape index (κ3) is 6.80. The molecule has 116 valence electrons. The minimum atomic E-state index is -0.320. The lowest BCUT2D eigenvalue weighted by Crippen LogP contribution is -2.53. The Kier molecular flexibility index (Phi) is 11.0. The number of rotatable bonds is 5. The zero-order valence-corrected chi connectivity index (χ0v) is 13.9. The number of carbonyl (C=O) groups excluding carboxylic acids is 1. The van der Waals surface area contributed by atoms with Crippen LogP contribution in [0.1, 0.15) is 39.5 Å². The van der Waals surface area contributed by atoms with Crippen molar-refractivity contribution in [2.75, 3.05) is 26.7 Å². The fourth-order valence-corrected chi connectivity index (χ4v) is 2.44. The number of nitrogens with zero attached hydrogens (tertiary/aromatic N) is 1. The molecule has 0 aromatic rings. The SMILES string of the molecule is CCN(C)CCNC(=O)C1CCCCC1(C)N.Cl.Cl. The van der Waals surface area contributed by atoms with Gasteiger partial charge in [-0.15, -0.1) is 24.8 Å². The van der Waals surface area contributed by atoms with Gasteiger partial charge in [0.25, 0.3) is 0 Å². The van der Waals surface area contributed by atoms with E-state index in [9.17, 15) is 4.79 Å². The summed E-state index contributed by atoms with van der Waals surface area (Å²) in [6, 6.07) is 0. The van der Waals surface area contributed by atoms with Gasteiger partial charge >= 0.3 is 0 Å². The van der Waals surface area contributed by atoms with E-state index in [0.29, 0.717) is 0 Å². The Morgan fingerprint density at radius 1 is 1.42 bits per heavy atom. The lowest BCUT2D eigenvalue weighted by molar-refractivity contribution is -0.128. The summed E-state index contributed by atoms with van der Waals surface area (Å²) >= 11 is 0. The van der Waals surface area contributed by atoms with Crippen LogP contribution >= 0.6 is 24.8 Å². The Bertz CT molecular complexity index is 262. The summed E-state index contributed by atoms with van der Waals surface area (Å²) in [7, 11) is 2.06. The molecule has 0 saturated heterocycles. The summed E-state index contributed by atoms with van der Waals surface area (Å²) < 4.78 is 0. The molecule has 2 atom stereocenters. The summed E-state index contributed by atoms with van der Waals surface area (Å²) in [5, 5.41) is 3.01. The molecule has 0 aromatic heterocycles. The van der Waals surface area contributed by atoms with Crippen LogP contribution in [0, 0.1) is 5.92 Å². The number of hydrogen-bond donors (Lipinski definition) is 2. The Labute approximate surface area is 129 Å². The van der Waals surface area contributed by atoms with Crippen LogP contribution in [-0.4, -0.2) is 43.0 Å².